The zero-order chi connectivity index (χ0) is 18.2. The molecule has 1 aromatic carbocycles. The number of rotatable bonds is 7. The van der Waals surface area contributed by atoms with E-state index in [-0.39, 0.29) is 11.6 Å². The Bertz CT molecular complexity index is 853. The Morgan fingerprint density at radius 2 is 1.81 bits per heavy atom. The average Bonchev–Trinajstić information content (AvgIpc) is 2.72. The minimum absolute atomic E-state index is 0.266. The van der Waals surface area contributed by atoms with E-state index in [0.717, 1.165) is 16.9 Å². The first-order valence-corrected chi connectivity index (χ1v) is 8.13. The number of carbonyl (C=O) groups excluding carboxylic acids is 1. The number of para-hydroxylation sites is 1. The molecule has 3 aromatic rings. The van der Waals surface area contributed by atoms with Gasteiger partial charge < -0.3 is 15.4 Å². The van der Waals surface area contributed by atoms with Gasteiger partial charge in [0.1, 0.15) is 11.6 Å². The summed E-state index contributed by atoms with van der Waals surface area (Å²) in [6, 6.07) is 14.8. The van der Waals surface area contributed by atoms with Gasteiger partial charge in [0.15, 0.2) is 5.69 Å². The van der Waals surface area contributed by atoms with Gasteiger partial charge in [-0.25, -0.2) is 0 Å². The van der Waals surface area contributed by atoms with Crippen molar-refractivity contribution in [1.29, 1.82) is 0 Å². The molecule has 0 bridgehead atoms. The van der Waals surface area contributed by atoms with Crippen LogP contribution in [0.1, 0.15) is 21.6 Å². The van der Waals surface area contributed by atoms with Gasteiger partial charge in [-0.3, -0.25) is 9.78 Å². The van der Waals surface area contributed by atoms with Crippen molar-refractivity contribution >= 4 is 11.7 Å². The van der Waals surface area contributed by atoms with Gasteiger partial charge in [-0.1, -0.05) is 18.2 Å². The predicted octanol–water partition coefficient (Wildman–Crippen LogP) is 2.42. The SMILES string of the molecule is COc1ccccc1CNc1ccc(C(=O)NCc2ccncc2)nn1. The van der Waals surface area contributed by atoms with Gasteiger partial charge in [-0.15, -0.1) is 10.2 Å². The number of benzene rings is 1. The van der Waals surface area contributed by atoms with Crippen LogP contribution < -0.4 is 15.4 Å². The molecule has 0 aliphatic rings. The topological polar surface area (TPSA) is 89.0 Å². The summed E-state index contributed by atoms with van der Waals surface area (Å²) in [7, 11) is 1.64. The van der Waals surface area contributed by atoms with Gasteiger partial charge in [0.2, 0.25) is 0 Å². The monoisotopic (exact) mass is 349 g/mol. The first-order chi connectivity index (χ1) is 12.8. The third-order valence-corrected chi connectivity index (χ3v) is 3.75. The van der Waals surface area contributed by atoms with Crippen LogP contribution in [-0.4, -0.2) is 28.2 Å². The van der Waals surface area contributed by atoms with E-state index in [1.54, 1.807) is 31.6 Å². The number of nitrogens with zero attached hydrogens (tertiary/aromatic N) is 3. The molecule has 2 heterocycles. The van der Waals surface area contributed by atoms with E-state index in [9.17, 15) is 4.79 Å². The number of hydrogen-bond acceptors (Lipinski definition) is 6. The lowest BCUT2D eigenvalue weighted by Crippen LogP contribution is -2.24. The van der Waals surface area contributed by atoms with Gasteiger partial charge in [-0.2, -0.15) is 0 Å². The van der Waals surface area contributed by atoms with Crippen LogP contribution in [0.4, 0.5) is 5.82 Å². The molecule has 0 radical (unpaired) electrons. The Labute approximate surface area is 151 Å². The number of anilines is 1. The number of ether oxygens (including phenoxy) is 1. The highest BCUT2D eigenvalue weighted by Gasteiger charge is 2.08. The Morgan fingerprint density at radius 1 is 1.00 bits per heavy atom. The van der Waals surface area contributed by atoms with E-state index >= 15 is 0 Å². The molecular weight excluding hydrogens is 330 g/mol. The fourth-order valence-electron chi connectivity index (χ4n) is 2.36. The normalized spacial score (nSPS) is 10.2. The number of carbonyl (C=O) groups is 1. The third-order valence-electron chi connectivity index (χ3n) is 3.75. The van der Waals surface area contributed by atoms with E-state index in [4.69, 9.17) is 4.74 Å². The summed E-state index contributed by atoms with van der Waals surface area (Å²) in [5.74, 6) is 1.12. The Balaban J connectivity index is 1.55. The minimum atomic E-state index is -0.273. The van der Waals surface area contributed by atoms with Crippen LogP contribution in [0.2, 0.25) is 0 Å². The van der Waals surface area contributed by atoms with Crippen molar-refractivity contribution in [3.63, 3.8) is 0 Å². The van der Waals surface area contributed by atoms with Crippen LogP contribution in [-0.2, 0) is 13.1 Å². The van der Waals surface area contributed by atoms with Crippen LogP contribution in [0.3, 0.4) is 0 Å². The van der Waals surface area contributed by atoms with Crippen molar-refractivity contribution in [2.75, 3.05) is 12.4 Å². The highest BCUT2D eigenvalue weighted by atomic mass is 16.5. The Kier molecular flexibility index (Phi) is 5.72. The number of hydrogen-bond donors (Lipinski definition) is 2. The van der Waals surface area contributed by atoms with Crippen LogP contribution in [0, 0.1) is 0 Å². The number of methoxy groups -OCH3 is 1. The van der Waals surface area contributed by atoms with Gasteiger partial charge in [0, 0.05) is 31.0 Å². The second-order valence-electron chi connectivity index (χ2n) is 5.51. The van der Waals surface area contributed by atoms with Gasteiger partial charge in [-0.05, 0) is 35.9 Å². The molecule has 7 heteroatoms. The summed E-state index contributed by atoms with van der Waals surface area (Å²) < 4.78 is 5.31. The molecule has 1 amide bonds. The maximum absolute atomic E-state index is 12.1. The fourth-order valence-corrected chi connectivity index (χ4v) is 2.36. The molecule has 2 aromatic heterocycles. The van der Waals surface area contributed by atoms with Crippen molar-refractivity contribution in [1.82, 2.24) is 20.5 Å². The van der Waals surface area contributed by atoms with E-state index in [0.29, 0.717) is 18.9 Å². The van der Waals surface area contributed by atoms with Crippen molar-refractivity contribution < 1.29 is 9.53 Å². The molecule has 0 unspecified atom stereocenters. The molecule has 0 spiro atoms. The van der Waals surface area contributed by atoms with E-state index in [1.165, 1.54) is 0 Å². The molecule has 0 saturated carbocycles. The molecule has 2 N–H and O–H groups in total. The lowest BCUT2D eigenvalue weighted by Gasteiger charge is -2.09. The summed E-state index contributed by atoms with van der Waals surface area (Å²) >= 11 is 0. The number of nitrogens with one attached hydrogen (secondary N) is 2. The van der Waals surface area contributed by atoms with Gasteiger partial charge in [0.25, 0.3) is 5.91 Å². The number of aromatic nitrogens is 3. The van der Waals surface area contributed by atoms with Gasteiger partial charge >= 0.3 is 0 Å². The zero-order valence-corrected chi connectivity index (χ0v) is 14.3. The standard InChI is InChI=1S/C19H19N5O2/c1-26-17-5-3-2-4-15(17)13-21-18-7-6-16(23-24-18)19(25)22-12-14-8-10-20-11-9-14/h2-11H,12-13H2,1H3,(H,21,24)(H,22,25). The Hall–Kier alpha value is -3.48. The second-order valence-corrected chi connectivity index (χ2v) is 5.51. The lowest BCUT2D eigenvalue weighted by molar-refractivity contribution is 0.0945. The van der Waals surface area contributed by atoms with Crippen LogP contribution in [0.25, 0.3) is 0 Å². The molecule has 0 atom stereocenters. The minimum Gasteiger partial charge on any atom is -0.496 e. The quantitative estimate of drug-likeness (QED) is 0.681. The van der Waals surface area contributed by atoms with Crippen molar-refractivity contribution in [3.8, 4) is 5.75 Å². The van der Waals surface area contributed by atoms with E-state index in [2.05, 4.69) is 25.8 Å². The maximum Gasteiger partial charge on any atom is 0.272 e. The summed E-state index contributed by atoms with van der Waals surface area (Å²) in [4.78, 5) is 16.1. The molecule has 0 aliphatic heterocycles. The molecule has 0 aliphatic carbocycles. The molecular formula is C19H19N5O2. The first-order valence-electron chi connectivity index (χ1n) is 8.13. The molecule has 7 nitrogen and oxygen atoms in total. The number of amides is 1. The maximum atomic E-state index is 12.1. The summed E-state index contributed by atoms with van der Waals surface area (Å²) in [5, 5.41) is 14.0. The van der Waals surface area contributed by atoms with E-state index < -0.39 is 0 Å². The molecule has 0 saturated heterocycles. The lowest BCUT2D eigenvalue weighted by atomic mass is 10.2. The predicted molar refractivity (Wildman–Crippen MR) is 97.8 cm³/mol. The zero-order valence-electron chi connectivity index (χ0n) is 14.3. The molecule has 3 rings (SSSR count). The average molecular weight is 349 g/mol. The molecule has 132 valence electrons. The summed E-state index contributed by atoms with van der Waals surface area (Å²) in [5.41, 5.74) is 2.24. The summed E-state index contributed by atoms with van der Waals surface area (Å²) in [6.07, 6.45) is 3.37. The largest absolute Gasteiger partial charge is 0.496 e. The van der Waals surface area contributed by atoms with Gasteiger partial charge in [0.05, 0.1) is 7.11 Å². The highest BCUT2D eigenvalue weighted by molar-refractivity contribution is 5.92. The van der Waals surface area contributed by atoms with Crippen LogP contribution >= 0.6 is 0 Å². The number of pyridine rings is 1. The second kappa shape index (κ2) is 8.57. The van der Waals surface area contributed by atoms with Crippen LogP contribution in [0.5, 0.6) is 5.75 Å². The highest BCUT2D eigenvalue weighted by Crippen LogP contribution is 2.18. The van der Waals surface area contributed by atoms with Crippen molar-refractivity contribution in [3.05, 3.63) is 77.7 Å². The summed E-state index contributed by atoms with van der Waals surface area (Å²) in [6.45, 7) is 0.961. The molecule has 0 fully saturated rings. The third kappa shape index (κ3) is 4.54. The smallest absolute Gasteiger partial charge is 0.272 e. The van der Waals surface area contributed by atoms with Crippen LogP contribution in [0.15, 0.2) is 60.9 Å². The van der Waals surface area contributed by atoms with Crippen molar-refractivity contribution in [2.24, 2.45) is 0 Å². The Morgan fingerprint density at radius 3 is 2.54 bits per heavy atom. The van der Waals surface area contributed by atoms with E-state index in [1.807, 2.05) is 36.4 Å². The molecule has 26 heavy (non-hydrogen) atoms. The fraction of sp³-hybridized carbons (Fsp3) is 0.158. The van der Waals surface area contributed by atoms with Crippen molar-refractivity contribution in [2.45, 2.75) is 13.1 Å². The first kappa shape index (κ1) is 17.3.